The summed E-state index contributed by atoms with van der Waals surface area (Å²) in [7, 11) is 0. The number of likely N-dealkylation sites (tertiary alicyclic amines) is 1. The molecule has 0 spiro atoms. The molecule has 0 atom stereocenters. The highest BCUT2D eigenvalue weighted by atomic mass is 16.5. The zero-order chi connectivity index (χ0) is 19.2. The maximum atomic E-state index is 12.6. The Morgan fingerprint density at radius 1 is 1.00 bits per heavy atom. The van der Waals surface area contributed by atoms with Crippen molar-refractivity contribution in [1.82, 2.24) is 4.90 Å². The molecule has 3 rings (SSSR count). The number of hydrogen-bond acceptors (Lipinski definition) is 3. The second-order valence-electron chi connectivity index (χ2n) is 7.17. The van der Waals surface area contributed by atoms with Gasteiger partial charge in [-0.3, -0.25) is 9.59 Å². The average molecular weight is 365 g/mol. The Morgan fingerprint density at radius 3 is 2.22 bits per heavy atom. The molecule has 4 nitrogen and oxygen atoms in total. The number of carbonyl (C=O) groups is 2. The molecule has 27 heavy (non-hydrogen) atoms. The summed E-state index contributed by atoms with van der Waals surface area (Å²) in [6, 6.07) is 15.6. The van der Waals surface area contributed by atoms with Crippen molar-refractivity contribution in [2.45, 2.75) is 33.1 Å². The first-order valence-corrected chi connectivity index (χ1v) is 9.67. The first kappa shape index (κ1) is 19.2. The molecule has 0 aromatic heterocycles. The maximum Gasteiger partial charge on any atom is 0.260 e. The molecule has 0 unspecified atom stereocenters. The van der Waals surface area contributed by atoms with Gasteiger partial charge in [-0.2, -0.15) is 0 Å². The number of ether oxygens (including phenoxy) is 1. The third-order valence-electron chi connectivity index (χ3n) is 5.25. The van der Waals surface area contributed by atoms with Crippen molar-refractivity contribution in [1.29, 1.82) is 0 Å². The predicted molar refractivity (Wildman–Crippen MR) is 106 cm³/mol. The van der Waals surface area contributed by atoms with E-state index < -0.39 is 0 Å². The van der Waals surface area contributed by atoms with Crippen molar-refractivity contribution < 1.29 is 14.3 Å². The van der Waals surface area contributed by atoms with E-state index in [2.05, 4.69) is 6.92 Å². The lowest BCUT2D eigenvalue weighted by Crippen LogP contribution is -2.42. The Labute approximate surface area is 161 Å². The Bertz CT molecular complexity index is 772. The number of rotatable bonds is 6. The quantitative estimate of drug-likeness (QED) is 0.725. The number of aryl methyl sites for hydroxylation is 2. The minimum absolute atomic E-state index is 0.000683. The number of benzene rings is 2. The summed E-state index contributed by atoms with van der Waals surface area (Å²) in [5, 5.41) is 0. The van der Waals surface area contributed by atoms with Crippen molar-refractivity contribution >= 4 is 11.7 Å². The minimum Gasteiger partial charge on any atom is -0.484 e. The average Bonchev–Trinajstić information content (AvgIpc) is 2.72. The summed E-state index contributed by atoms with van der Waals surface area (Å²) in [5.74, 6) is 0.884. The Hall–Kier alpha value is -2.62. The molecule has 1 saturated heterocycles. The lowest BCUT2D eigenvalue weighted by atomic mass is 9.88. The van der Waals surface area contributed by atoms with Crippen LogP contribution in [0.2, 0.25) is 0 Å². The third kappa shape index (κ3) is 4.97. The smallest absolute Gasteiger partial charge is 0.260 e. The van der Waals surface area contributed by atoms with Crippen molar-refractivity contribution in [3.05, 3.63) is 65.2 Å². The highest BCUT2D eigenvalue weighted by Gasteiger charge is 2.28. The molecule has 0 radical (unpaired) electrons. The van der Waals surface area contributed by atoms with Crippen LogP contribution in [0.15, 0.2) is 48.5 Å². The maximum absolute atomic E-state index is 12.6. The molecule has 1 aliphatic heterocycles. The number of piperidine rings is 1. The van der Waals surface area contributed by atoms with Crippen LogP contribution in [0.4, 0.5) is 0 Å². The number of carbonyl (C=O) groups excluding carboxylic acids is 2. The van der Waals surface area contributed by atoms with Gasteiger partial charge in [0.1, 0.15) is 5.75 Å². The van der Waals surface area contributed by atoms with E-state index in [9.17, 15) is 9.59 Å². The molecule has 0 saturated carbocycles. The van der Waals surface area contributed by atoms with Crippen LogP contribution in [-0.2, 0) is 11.2 Å². The van der Waals surface area contributed by atoms with Crippen molar-refractivity contribution in [3.63, 3.8) is 0 Å². The van der Waals surface area contributed by atoms with Crippen molar-refractivity contribution in [2.24, 2.45) is 5.92 Å². The summed E-state index contributed by atoms with van der Waals surface area (Å²) in [6.45, 7) is 5.38. The van der Waals surface area contributed by atoms with Gasteiger partial charge in [-0.05, 0) is 43.9 Å². The van der Waals surface area contributed by atoms with Gasteiger partial charge in [0.05, 0.1) is 0 Å². The van der Waals surface area contributed by atoms with E-state index in [-0.39, 0.29) is 24.2 Å². The first-order valence-electron chi connectivity index (χ1n) is 9.67. The Balaban J connectivity index is 1.47. The van der Waals surface area contributed by atoms with E-state index in [0.29, 0.717) is 31.7 Å². The zero-order valence-electron chi connectivity index (χ0n) is 16.1. The summed E-state index contributed by atoms with van der Waals surface area (Å²) in [5.41, 5.74) is 3.16. The summed E-state index contributed by atoms with van der Waals surface area (Å²) in [6.07, 6.45) is 2.41. The van der Waals surface area contributed by atoms with E-state index in [1.165, 1.54) is 5.56 Å². The normalized spacial score (nSPS) is 14.8. The molecular formula is C23H27NO3. The number of ketones is 1. The van der Waals surface area contributed by atoms with Gasteiger partial charge in [-0.15, -0.1) is 0 Å². The highest BCUT2D eigenvalue weighted by Crippen LogP contribution is 2.22. The van der Waals surface area contributed by atoms with Crippen LogP contribution in [0.3, 0.4) is 0 Å². The van der Waals surface area contributed by atoms with E-state index in [1.807, 2.05) is 55.5 Å². The predicted octanol–water partition coefficient (Wildman–Crippen LogP) is 4.06. The van der Waals surface area contributed by atoms with Gasteiger partial charge in [-0.1, -0.05) is 48.9 Å². The van der Waals surface area contributed by atoms with Crippen LogP contribution in [0.5, 0.6) is 5.75 Å². The SMILES string of the molecule is CCc1ccc(OCC(=O)N2CCC(C(=O)c3ccc(C)cc3)CC2)cc1. The van der Waals surface area contributed by atoms with Crippen LogP contribution in [-0.4, -0.2) is 36.3 Å². The van der Waals surface area contributed by atoms with Crippen LogP contribution >= 0.6 is 0 Å². The van der Waals surface area contributed by atoms with Crippen LogP contribution in [0.25, 0.3) is 0 Å². The molecular weight excluding hydrogens is 338 g/mol. The van der Waals surface area contributed by atoms with Gasteiger partial charge < -0.3 is 9.64 Å². The molecule has 0 bridgehead atoms. The second kappa shape index (κ2) is 8.85. The zero-order valence-corrected chi connectivity index (χ0v) is 16.1. The van der Waals surface area contributed by atoms with Gasteiger partial charge in [0.25, 0.3) is 5.91 Å². The Morgan fingerprint density at radius 2 is 1.63 bits per heavy atom. The highest BCUT2D eigenvalue weighted by molar-refractivity contribution is 5.98. The largest absolute Gasteiger partial charge is 0.484 e. The van der Waals surface area contributed by atoms with Gasteiger partial charge in [-0.25, -0.2) is 0 Å². The van der Waals surface area contributed by atoms with E-state index in [0.717, 1.165) is 17.5 Å². The number of Topliss-reactive ketones (excluding diaryl/α,β-unsaturated/α-hetero) is 1. The van der Waals surface area contributed by atoms with Crippen molar-refractivity contribution in [2.75, 3.05) is 19.7 Å². The van der Waals surface area contributed by atoms with Gasteiger partial charge >= 0.3 is 0 Å². The Kier molecular flexibility index (Phi) is 6.28. The summed E-state index contributed by atoms with van der Waals surface area (Å²) in [4.78, 5) is 26.8. The lowest BCUT2D eigenvalue weighted by Gasteiger charge is -2.31. The van der Waals surface area contributed by atoms with Crippen molar-refractivity contribution in [3.8, 4) is 5.75 Å². The monoisotopic (exact) mass is 365 g/mol. The number of amides is 1. The molecule has 4 heteroatoms. The molecule has 0 N–H and O–H groups in total. The molecule has 1 amide bonds. The molecule has 1 aliphatic rings. The summed E-state index contributed by atoms with van der Waals surface area (Å²) >= 11 is 0. The van der Waals surface area contributed by atoms with Crippen LogP contribution < -0.4 is 4.74 Å². The molecule has 0 aliphatic carbocycles. The fraction of sp³-hybridized carbons (Fsp3) is 0.391. The van der Waals surface area contributed by atoms with E-state index >= 15 is 0 Å². The van der Waals surface area contributed by atoms with Gasteiger partial charge in [0, 0.05) is 24.6 Å². The van der Waals surface area contributed by atoms with Gasteiger partial charge in [0.15, 0.2) is 12.4 Å². The minimum atomic E-state index is -0.0178. The number of nitrogens with zero attached hydrogens (tertiary/aromatic N) is 1. The van der Waals surface area contributed by atoms with Gasteiger partial charge in [0.2, 0.25) is 0 Å². The topological polar surface area (TPSA) is 46.6 Å². The first-order chi connectivity index (χ1) is 13.1. The molecule has 142 valence electrons. The molecule has 1 heterocycles. The van der Waals surface area contributed by atoms with Crippen LogP contribution in [0.1, 0.15) is 41.3 Å². The summed E-state index contributed by atoms with van der Waals surface area (Å²) < 4.78 is 5.62. The third-order valence-corrected chi connectivity index (χ3v) is 5.25. The fourth-order valence-corrected chi connectivity index (χ4v) is 3.40. The van der Waals surface area contributed by atoms with E-state index in [1.54, 1.807) is 4.90 Å². The molecule has 2 aromatic rings. The lowest BCUT2D eigenvalue weighted by molar-refractivity contribution is -0.134. The number of hydrogen-bond donors (Lipinski definition) is 0. The fourth-order valence-electron chi connectivity index (χ4n) is 3.40. The van der Waals surface area contributed by atoms with E-state index in [4.69, 9.17) is 4.74 Å². The second-order valence-corrected chi connectivity index (χ2v) is 7.17. The molecule has 1 fully saturated rings. The molecule has 2 aromatic carbocycles. The standard InChI is InChI=1S/C23H27NO3/c1-3-18-6-10-21(11-7-18)27-16-22(25)24-14-12-20(13-15-24)23(26)19-8-4-17(2)5-9-19/h4-11,20H,3,12-16H2,1-2H3. The van der Waals surface area contributed by atoms with Crippen LogP contribution in [0, 0.1) is 12.8 Å².